The molecule has 94 valence electrons. The molecule has 0 unspecified atom stereocenters. The van der Waals surface area contributed by atoms with Gasteiger partial charge >= 0.3 is 0 Å². The summed E-state index contributed by atoms with van der Waals surface area (Å²) < 4.78 is 5.34. The van der Waals surface area contributed by atoms with Crippen molar-refractivity contribution in [3.05, 3.63) is 6.33 Å². The first-order chi connectivity index (χ1) is 8.22. The third-order valence-corrected chi connectivity index (χ3v) is 2.87. The average Bonchev–Trinajstić information content (AvgIpc) is 2.34. The molecular formula is C11H18N4O2. The van der Waals surface area contributed by atoms with Gasteiger partial charge in [-0.15, -0.1) is 0 Å². The number of hydrogen-bond acceptors (Lipinski definition) is 6. The Labute approximate surface area is 100 Å². The Kier molecular flexibility index (Phi) is 3.63. The molecule has 1 aromatic rings. The SMILES string of the molecule is CCOc1ncnc(N2CCC(O)CC2)c1N. The fourth-order valence-electron chi connectivity index (χ4n) is 1.95. The minimum Gasteiger partial charge on any atom is -0.476 e. The van der Waals surface area contributed by atoms with Crippen molar-refractivity contribution in [1.82, 2.24) is 9.97 Å². The lowest BCUT2D eigenvalue weighted by Gasteiger charge is -2.31. The van der Waals surface area contributed by atoms with Crippen molar-refractivity contribution < 1.29 is 9.84 Å². The standard InChI is InChI=1S/C11H18N4O2/c1-2-17-11-9(12)10(13-7-14-11)15-5-3-8(16)4-6-15/h7-8,16H,2-6,12H2,1H3. The number of aliphatic hydroxyl groups excluding tert-OH is 1. The van der Waals surface area contributed by atoms with Crippen LogP contribution in [-0.4, -0.2) is 40.9 Å². The Balaban J connectivity index is 2.17. The van der Waals surface area contributed by atoms with Crippen LogP contribution in [0.2, 0.25) is 0 Å². The Bertz CT molecular complexity index is 378. The van der Waals surface area contributed by atoms with E-state index in [9.17, 15) is 5.11 Å². The highest BCUT2D eigenvalue weighted by Crippen LogP contribution is 2.29. The van der Waals surface area contributed by atoms with E-state index in [-0.39, 0.29) is 6.10 Å². The van der Waals surface area contributed by atoms with Crippen LogP contribution in [0.25, 0.3) is 0 Å². The van der Waals surface area contributed by atoms with Gasteiger partial charge in [0.15, 0.2) is 5.82 Å². The monoisotopic (exact) mass is 238 g/mol. The van der Waals surface area contributed by atoms with Crippen LogP contribution in [0.1, 0.15) is 19.8 Å². The van der Waals surface area contributed by atoms with E-state index in [0.717, 1.165) is 25.9 Å². The van der Waals surface area contributed by atoms with Crippen molar-refractivity contribution in [2.45, 2.75) is 25.9 Å². The highest BCUT2D eigenvalue weighted by atomic mass is 16.5. The second kappa shape index (κ2) is 5.18. The molecule has 17 heavy (non-hydrogen) atoms. The lowest BCUT2D eigenvalue weighted by atomic mass is 10.1. The summed E-state index contributed by atoms with van der Waals surface area (Å²) in [6.45, 7) is 3.93. The van der Waals surface area contributed by atoms with E-state index in [1.807, 2.05) is 6.92 Å². The molecule has 0 spiro atoms. The summed E-state index contributed by atoms with van der Waals surface area (Å²) in [5.74, 6) is 1.14. The first-order valence-corrected chi connectivity index (χ1v) is 5.88. The second-order valence-electron chi connectivity index (χ2n) is 4.07. The molecule has 0 radical (unpaired) electrons. The van der Waals surface area contributed by atoms with Gasteiger partial charge < -0.3 is 20.5 Å². The van der Waals surface area contributed by atoms with Crippen LogP contribution in [0.15, 0.2) is 6.33 Å². The molecule has 1 saturated heterocycles. The van der Waals surface area contributed by atoms with Gasteiger partial charge in [-0.1, -0.05) is 0 Å². The average molecular weight is 238 g/mol. The summed E-state index contributed by atoms with van der Waals surface area (Å²) in [4.78, 5) is 10.3. The topological polar surface area (TPSA) is 84.5 Å². The molecule has 0 saturated carbocycles. The molecular weight excluding hydrogens is 220 g/mol. The summed E-state index contributed by atoms with van der Waals surface area (Å²) in [6.07, 6.45) is 2.74. The molecule has 1 aliphatic rings. The fourth-order valence-corrected chi connectivity index (χ4v) is 1.95. The molecule has 0 aromatic carbocycles. The number of ether oxygens (including phenoxy) is 1. The molecule has 1 fully saturated rings. The molecule has 3 N–H and O–H groups in total. The van der Waals surface area contributed by atoms with Crippen molar-refractivity contribution in [2.75, 3.05) is 30.3 Å². The van der Waals surface area contributed by atoms with Crippen LogP contribution < -0.4 is 15.4 Å². The maximum absolute atomic E-state index is 9.47. The summed E-state index contributed by atoms with van der Waals surface area (Å²) >= 11 is 0. The van der Waals surface area contributed by atoms with Gasteiger partial charge in [0.05, 0.1) is 12.7 Å². The van der Waals surface area contributed by atoms with Crippen LogP contribution in [0, 0.1) is 0 Å². The molecule has 0 amide bonds. The van der Waals surface area contributed by atoms with E-state index < -0.39 is 0 Å². The number of nitrogen functional groups attached to an aromatic ring is 1. The predicted octanol–water partition coefficient (Wildman–Crippen LogP) is 0.419. The smallest absolute Gasteiger partial charge is 0.242 e. The van der Waals surface area contributed by atoms with E-state index >= 15 is 0 Å². The van der Waals surface area contributed by atoms with Crippen LogP contribution in [0.3, 0.4) is 0 Å². The zero-order valence-corrected chi connectivity index (χ0v) is 9.96. The van der Waals surface area contributed by atoms with Crippen LogP contribution in [0.4, 0.5) is 11.5 Å². The maximum Gasteiger partial charge on any atom is 0.242 e. The Hall–Kier alpha value is -1.56. The van der Waals surface area contributed by atoms with E-state index in [4.69, 9.17) is 10.5 Å². The van der Waals surface area contributed by atoms with E-state index in [1.54, 1.807) is 0 Å². The number of aliphatic hydroxyl groups is 1. The molecule has 0 atom stereocenters. The van der Waals surface area contributed by atoms with Crippen molar-refractivity contribution in [3.63, 3.8) is 0 Å². The number of rotatable bonds is 3. The molecule has 1 aromatic heterocycles. The van der Waals surface area contributed by atoms with Gasteiger partial charge in [0, 0.05) is 13.1 Å². The lowest BCUT2D eigenvalue weighted by Crippen LogP contribution is -2.36. The third-order valence-electron chi connectivity index (χ3n) is 2.87. The number of piperidine rings is 1. The normalized spacial score (nSPS) is 17.2. The van der Waals surface area contributed by atoms with Crippen LogP contribution >= 0.6 is 0 Å². The second-order valence-corrected chi connectivity index (χ2v) is 4.07. The molecule has 2 heterocycles. The number of aromatic nitrogens is 2. The van der Waals surface area contributed by atoms with Crippen molar-refractivity contribution in [2.24, 2.45) is 0 Å². The maximum atomic E-state index is 9.47. The molecule has 2 rings (SSSR count). The van der Waals surface area contributed by atoms with Crippen LogP contribution in [-0.2, 0) is 0 Å². The van der Waals surface area contributed by atoms with E-state index in [2.05, 4.69) is 14.9 Å². The van der Waals surface area contributed by atoms with E-state index in [0.29, 0.717) is 24.0 Å². The molecule has 0 aliphatic carbocycles. The lowest BCUT2D eigenvalue weighted by molar-refractivity contribution is 0.145. The first-order valence-electron chi connectivity index (χ1n) is 5.88. The van der Waals surface area contributed by atoms with Gasteiger partial charge in [0.25, 0.3) is 0 Å². The predicted molar refractivity (Wildman–Crippen MR) is 65.1 cm³/mol. The van der Waals surface area contributed by atoms with Gasteiger partial charge in [-0.3, -0.25) is 0 Å². The molecule has 0 bridgehead atoms. The van der Waals surface area contributed by atoms with Crippen LogP contribution in [0.5, 0.6) is 5.88 Å². The Morgan fingerprint density at radius 1 is 1.47 bits per heavy atom. The Morgan fingerprint density at radius 2 is 2.18 bits per heavy atom. The summed E-state index contributed by atoms with van der Waals surface area (Å²) in [7, 11) is 0. The zero-order valence-electron chi connectivity index (χ0n) is 9.96. The molecule has 1 aliphatic heterocycles. The summed E-state index contributed by atoms with van der Waals surface area (Å²) in [5, 5.41) is 9.47. The number of nitrogens with zero attached hydrogens (tertiary/aromatic N) is 3. The summed E-state index contributed by atoms with van der Waals surface area (Å²) in [5.41, 5.74) is 6.46. The zero-order chi connectivity index (χ0) is 12.3. The van der Waals surface area contributed by atoms with Gasteiger partial charge in [0.1, 0.15) is 12.0 Å². The largest absolute Gasteiger partial charge is 0.476 e. The third kappa shape index (κ3) is 2.58. The number of nitrogens with two attached hydrogens (primary N) is 1. The highest BCUT2D eigenvalue weighted by Gasteiger charge is 2.21. The van der Waals surface area contributed by atoms with Crippen molar-refractivity contribution in [3.8, 4) is 5.88 Å². The minimum absolute atomic E-state index is 0.208. The van der Waals surface area contributed by atoms with Crippen molar-refractivity contribution in [1.29, 1.82) is 0 Å². The minimum atomic E-state index is -0.208. The van der Waals surface area contributed by atoms with Crippen molar-refractivity contribution >= 4 is 11.5 Å². The quantitative estimate of drug-likeness (QED) is 0.794. The molecule has 6 nitrogen and oxygen atoms in total. The summed E-state index contributed by atoms with van der Waals surface area (Å²) in [6, 6.07) is 0. The number of hydrogen-bond donors (Lipinski definition) is 2. The Morgan fingerprint density at radius 3 is 2.82 bits per heavy atom. The first kappa shape index (κ1) is 11.9. The molecule has 6 heteroatoms. The van der Waals surface area contributed by atoms with Gasteiger partial charge in [-0.25, -0.2) is 4.98 Å². The van der Waals surface area contributed by atoms with E-state index in [1.165, 1.54) is 6.33 Å². The number of anilines is 2. The van der Waals surface area contributed by atoms with Gasteiger partial charge in [-0.2, -0.15) is 4.98 Å². The fraction of sp³-hybridized carbons (Fsp3) is 0.636. The highest BCUT2D eigenvalue weighted by molar-refractivity contribution is 5.67. The van der Waals surface area contributed by atoms with Gasteiger partial charge in [0.2, 0.25) is 5.88 Å². The van der Waals surface area contributed by atoms with Gasteiger partial charge in [-0.05, 0) is 19.8 Å².